The van der Waals surface area contributed by atoms with Gasteiger partial charge in [-0.1, -0.05) is 13.8 Å². The largest absolute Gasteiger partial charge is 0.484 e. The Balaban J connectivity index is 3.38. The van der Waals surface area contributed by atoms with E-state index in [2.05, 4.69) is 0 Å². The van der Waals surface area contributed by atoms with E-state index in [0.29, 0.717) is 6.61 Å². The van der Waals surface area contributed by atoms with Crippen molar-refractivity contribution in [3.8, 4) is 5.75 Å². The molecule has 0 aromatic heterocycles. The summed E-state index contributed by atoms with van der Waals surface area (Å²) in [5, 5.41) is 31.7. The van der Waals surface area contributed by atoms with Crippen LogP contribution in [0.5, 0.6) is 5.75 Å². The zero-order chi connectivity index (χ0) is 18.3. The van der Waals surface area contributed by atoms with E-state index in [1.54, 1.807) is 0 Å². The van der Waals surface area contributed by atoms with Gasteiger partial charge in [-0.25, -0.2) is 4.79 Å². The number of nitro benzene ring substituents is 2. The number of ether oxygens (including phenoxy) is 2. The highest BCUT2D eigenvalue weighted by molar-refractivity contribution is 5.94. The Bertz CT molecular complexity index is 644. The minimum atomic E-state index is -1.55. The second kappa shape index (κ2) is 8.77. The van der Waals surface area contributed by atoms with Crippen LogP contribution in [0, 0.1) is 20.2 Å². The zero-order valence-electron chi connectivity index (χ0n) is 13.3. The summed E-state index contributed by atoms with van der Waals surface area (Å²) in [5.41, 5.74) is -2.11. The molecule has 0 radical (unpaired) electrons. The standard InChI is InChI=1S/C14H18N2O8/c1-3-5-23-6-7-24-13-10(14(17)18)8-11(15(19)20)9(4-2)12(13)16(21)22/h8H,3-7H2,1-2H3,(H,17,18). The molecule has 0 unspecified atom stereocenters. The van der Waals surface area contributed by atoms with Gasteiger partial charge < -0.3 is 14.6 Å². The molecule has 10 heteroatoms. The highest BCUT2D eigenvalue weighted by atomic mass is 16.6. The Kier molecular flexibility index (Phi) is 7.05. The maximum absolute atomic E-state index is 11.4. The first-order valence-corrected chi connectivity index (χ1v) is 7.27. The minimum Gasteiger partial charge on any atom is -0.484 e. The molecular weight excluding hydrogens is 324 g/mol. The van der Waals surface area contributed by atoms with E-state index in [4.69, 9.17) is 9.47 Å². The lowest BCUT2D eigenvalue weighted by molar-refractivity contribution is -0.396. The number of nitro groups is 2. The topological polar surface area (TPSA) is 142 Å². The second-order valence-electron chi connectivity index (χ2n) is 4.73. The summed E-state index contributed by atoms with van der Waals surface area (Å²) in [6.45, 7) is 3.88. The molecule has 0 aliphatic carbocycles. The fourth-order valence-electron chi connectivity index (χ4n) is 2.13. The third-order valence-corrected chi connectivity index (χ3v) is 3.12. The van der Waals surface area contributed by atoms with Gasteiger partial charge in [-0.15, -0.1) is 0 Å². The molecule has 1 N–H and O–H groups in total. The summed E-state index contributed by atoms with van der Waals surface area (Å²) in [4.78, 5) is 32.1. The fraction of sp³-hybridized carbons (Fsp3) is 0.500. The summed E-state index contributed by atoms with van der Waals surface area (Å²) in [6.07, 6.45) is 0.757. The smallest absolute Gasteiger partial charge is 0.340 e. The van der Waals surface area contributed by atoms with E-state index in [0.717, 1.165) is 12.5 Å². The van der Waals surface area contributed by atoms with Crippen molar-refractivity contribution in [2.24, 2.45) is 0 Å². The number of hydrogen-bond acceptors (Lipinski definition) is 7. The van der Waals surface area contributed by atoms with Gasteiger partial charge in [0, 0.05) is 12.7 Å². The zero-order valence-corrected chi connectivity index (χ0v) is 13.3. The van der Waals surface area contributed by atoms with E-state index < -0.39 is 38.5 Å². The lowest BCUT2D eigenvalue weighted by atomic mass is 10.0. The van der Waals surface area contributed by atoms with Crippen LogP contribution in [0.4, 0.5) is 11.4 Å². The van der Waals surface area contributed by atoms with Crippen LogP contribution >= 0.6 is 0 Å². The maximum atomic E-state index is 11.4. The SMILES string of the molecule is CCCOCCOc1c(C(=O)O)cc([N+](=O)[O-])c(CC)c1[N+](=O)[O-]. The summed E-state index contributed by atoms with van der Waals surface area (Å²) in [7, 11) is 0. The molecule has 0 spiro atoms. The molecule has 0 amide bonds. The number of carboxylic acids is 1. The van der Waals surface area contributed by atoms with Crippen molar-refractivity contribution in [3.05, 3.63) is 37.4 Å². The Morgan fingerprint density at radius 2 is 1.83 bits per heavy atom. The molecule has 0 aliphatic heterocycles. The highest BCUT2D eigenvalue weighted by Crippen LogP contribution is 2.40. The van der Waals surface area contributed by atoms with Crippen molar-refractivity contribution in [3.63, 3.8) is 0 Å². The number of carbonyl (C=O) groups is 1. The van der Waals surface area contributed by atoms with E-state index in [1.165, 1.54) is 6.92 Å². The Labute approximate surface area is 137 Å². The summed E-state index contributed by atoms with van der Waals surface area (Å²) >= 11 is 0. The van der Waals surface area contributed by atoms with Crippen LogP contribution < -0.4 is 4.74 Å². The molecule has 0 heterocycles. The molecule has 132 valence electrons. The normalized spacial score (nSPS) is 10.4. The molecule has 0 bridgehead atoms. The lowest BCUT2D eigenvalue weighted by Gasteiger charge is -2.12. The van der Waals surface area contributed by atoms with E-state index in [9.17, 15) is 30.1 Å². The molecule has 1 aromatic carbocycles. The van der Waals surface area contributed by atoms with Gasteiger partial charge in [0.25, 0.3) is 5.69 Å². The number of carboxylic acid groups (broad SMARTS) is 1. The summed E-state index contributed by atoms with van der Waals surface area (Å²) < 4.78 is 10.4. The van der Waals surface area contributed by atoms with E-state index in [1.807, 2.05) is 6.92 Å². The van der Waals surface area contributed by atoms with Crippen LogP contribution in [0.1, 0.15) is 36.2 Å². The first-order valence-electron chi connectivity index (χ1n) is 7.27. The minimum absolute atomic E-state index is 0.0186. The molecule has 0 saturated carbocycles. The molecule has 0 aliphatic rings. The predicted octanol–water partition coefficient (Wildman–Crippen LogP) is 2.57. The Morgan fingerprint density at radius 1 is 1.17 bits per heavy atom. The predicted molar refractivity (Wildman–Crippen MR) is 82.7 cm³/mol. The van der Waals surface area contributed by atoms with Crippen molar-refractivity contribution in [2.75, 3.05) is 19.8 Å². The van der Waals surface area contributed by atoms with Crippen LogP contribution in [-0.2, 0) is 11.2 Å². The molecule has 24 heavy (non-hydrogen) atoms. The second-order valence-corrected chi connectivity index (χ2v) is 4.73. The van der Waals surface area contributed by atoms with Gasteiger partial charge in [-0.2, -0.15) is 0 Å². The Hall–Kier alpha value is -2.75. The number of hydrogen-bond donors (Lipinski definition) is 1. The van der Waals surface area contributed by atoms with Crippen molar-refractivity contribution in [2.45, 2.75) is 26.7 Å². The van der Waals surface area contributed by atoms with Crippen LogP contribution in [0.15, 0.2) is 6.07 Å². The van der Waals surface area contributed by atoms with Gasteiger partial charge in [0.15, 0.2) is 0 Å². The average molecular weight is 342 g/mol. The van der Waals surface area contributed by atoms with Crippen molar-refractivity contribution >= 4 is 17.3 Å². The van der Waals surface area contributed by atoms with Gasteiger partial charge in [-0.3, -0.25) is 20.2 Å². The third kappa shape index (κ3) is 4.38. The van der Waals surface area contributed by atoms with Crippen LogP contribution in [0.25, 0.3) is 0 Å². The van der Waals surface area contributed by atoms with Gasteiger partial charge in [-0.05, 0) is 12.8 Å². The lowest BCUT2D eigenvalue weighted by Crippen LogP contribution is -2.13. The Morgan fingerprint density at radius 3 is 2.29 bits per heavy atom. The van der Waals surface area contributed by atoms with Crippen LogP contribution in [0.3, 0.4) is 0 Å². The molecule has 0 atom stereocenters. The number of benzene rings is 1. The van der Waals surface area contributed by atoms with Crippen molar-refractivity contribution in [1.82, 2.24) is 0 Å². The maximum Gasteiger partial charge on any atom is 0.340 e. The molecule has 0 fully saturated rings. The van der Waals surface area contributed by atoms with Crippen molar-refractivity contribution < 1.29 is 29.2 Å². The molecule has 0 saturated heterocycles. The molecule has 1 rings (SSSR count). The monoisotopic (exact) mass is 342 g/mol. The third-order valence-electron chi connectivity index (χ3n) is 3.12. The van der Waals surface area contributed by atoms with Gasteiger partial charge in [0.05, 0.1) is 16.5 Å². The van der Waals surface area contributed by atoms with Gasteiger partial charge in [0.1, 0.15) is 17.7 Å². The van der Waals surface area contributed by atoms with Crippen molar-refractivity contribution in [1.29, 1.82) is 0 Å². The summed E-state index contributed by atoms with van der Waals surface area (Å²) in [6, 6.07) is 0.788. The first-order chi connectivity index (χ1) is 11.3. The highest BCUT2D eigenvalue weighted by Gasteiger charge is 2.34. The van der Waals surface area contributed by atoms with Gasteiger partial charge >= 0.3 is 11.7 Å². The first kappa shape index (κ1) is 19.3. The van der Waals surface area contributed by atoms with E-state index in [-0.39, 0.29) is 25.2 Å². The molecule has 1 aromatic rings. The van der Waals surface area contributed by atoms with Crippen LogP contribution in [-0.4, -0.2) is 40.7 Å². The number of rotatable bonds is 10. The quantitative estimate of drug-likeness (QED) is 0.388. The van der Waals surface area contributed by atoms with Gasteiger partial charge in [0.2, 0.25) is 5.75 Å². The molecular formula is C14H18N2O8. The number of aromatic carboxylic acids is 1. The fourth-order valence-corrected chi connectivity index (χ4v) is 2.13. The van der Waals surface area contributed by atoms with Crippen LogP contribution in [0.2, 0.25) is 0 Å². The van der Waals surface area contributed by atoms with E-state index >= 15 is 0 Å². The molecule has 10 nitrogen and oxygen atoms in total. The average Bonchev–Trinajstić information content (AvgIpc) is 2.52. The number of nitrogens with zero attached hydrogens (tertiary/aromatic N) is 2. The summed E-state index contributed by atoms with van der Waals surface area (Å²) in [5.74, 6) is -2.04.